The Kier molecular flexibility index (Phi) is 3.79. The number of rotatable bonds is 2. The quantitative estimate of drug-likeness (QED) is 0.720. The van der Waals surface area contributed by atoms with E-state index in [2.05, 4.69) is 32.9 Å². The van der Waals surface area contributed by atoms with E-state index in [9.17, 15) is 0 Å². The van der Waals surface area contributed by atoms with E-state index >= 15 is 0 Å². The fourth-order valence-corrected chi connectivity index (χ4v) is 2.59. The van der Waals surface area contributed by atoms with Crippen LogP contribution in [0.15, 0.2) is 24.3 Å². The van der Waals surface area contributed by atoms with Crippen molar-refractivity contribution in [1.29, 1.82) is 0 Å². The summed E-state index contributed by atoms with van der Waals surface area (Å²) in [7, 11) is 0. The van der Waals surface area contributed by atoms with Crippen LogP contribution in [0.1, 0.15) is 51.7 Å². The van der Waals surface area contributed by atoms with Crippen LogP contribution >= 0.6 is 11.6 Å². The van der Waals surface area contributed by atoms with Crippen molar-refractivity contribution in [3.8, 4) is 0 Å². The number of ether oxygens (including phenoxy) is 1. The van der Waals surface area contributed by atoms with Crippen molar-refractivity contribution >= 4 is 11.6 Å². The molecule has 1 saturated heterocycles. The normalized spacial score (nSPS) is 25.2. The van der Waals surface area contributed by atoms with Gasteiger partial charge < -0.3 is 4.74 Å². The Morgan fingerprint density at radius 2 is 1.82 bits per heavy atom. The van der Waals surface area contributed by atoms with Gasteiger partial charge in [-0.1, -0.05) is 44.5 Å². The van der Waals surface area contributed by atoms with Crippen LogP contribution in [0, 0.1) is 5.41 Å². The fraction of sp³-hybridized carbons (Fsp3) is 0.600. The molecule has 17 heavy (non-hydrogen) atoms. The highest BCUT2D eigenvalue weighted by atomic mass is 35.5. The van der Waals surface area contributed by atoms with E-state index in [1.807, 2.05) is 12.1 Å². The molecule has 0 spiro atoms. The molecule has 0 radical (unpaired) electrons. The summed E-state index contributed by atoms with van der Waals surface area (Å²) in [6.45, 7) is 6.81. The Morgan fingerprint density at radius 1 is 1.18 bits per heavy atom. The van der Waals surface area contributed by atoms with Gasteiger partial charge in [0.15, 0.2) is 0 Å². The van der Waals surface area contributed by atoms with Gasteiger partial charge in [0.2, 0.25) is 0 Å². The second-order valence-electron chi connectivity index (χ2n) is 6.14. The van der Waals surface area contributed by atoms with Gasteiger partial charge >= 0.3 is 0 Å². The van der Waals surface area contributed by atoms with Crippen LogP contribution in [0.5, 0.6) is 0 Å². The molecule has 1 aliphatic heterocycles. The van der Waals surface area contributed by atoms with Crippen molar-refractivity contribution in [2.24, 2.45) is 5.41 Å². The van der Waals surface area contributed by atoms with Crippen LogP contribution in [0.25, 0.3) is 0 Å². The number of benzene rings is 1. The zero-order valence-electron chi connectivity index (χ0n) is 10.9. The molecule has 1 nitrogen and oxygen atoms in total. The maximum absolute atomic E-state index is 6.12. The zero-order valence-corrected chi connectivity index (χ0v) is 11.6. The highest BCUT2D eigenvalue weighted by molar-refractivity contribution is 6.30. The fourth-order valence-electron chi connectivity index (χ4n) is 2.46. The molecule has 0 aliphatic carbocycles. The Balaban J connectivity index is 1.96. The first-order valence-corrected chi connectivity index (χ1v) is 6.73. The molecular weight excluding hydrogens is 232 g/mol. The second kappa shape index (κ2) is 4.99. The summed E-state index contributed by atoms with van der Waals surface area (Å²) >= 11 is 5.89. The van der Waals surface area contributed by atoms with Gasteiger partial charge in [0.1, 0.15) is 0 Å². The van der Waals surface area contributed by atoms with Gasteiger partial charge in [0.05, 0.1) is 12.2 Å². The largest absolute Gasteiger partial charge is 0.370 e. The lowest BCUT2D eigenvalue weighted by atomic mass is 9.88. The molecule has 1 fully saturated rings. The lowest BCUT2D eigenvalue weighted by molar-refractivity contribution is 0.0219. The minimum atomic E-state index is 0.264. The monoisotopic (exact) mass is 252 g/mol. The molecule has 0 saturated carbocycles. The molecule has 2 atom stereocenters. The maximum Gasteiger partial charge on any atom is 0.0829 e. The van der Waals surface area contributed by atoms with Crippen LogP contribution in [0.2, 0.25) is 5.02 Å². The smallest absolute Gasteiger partial charge is 0.0829 e. The lowest BCUT2D eigenvalue weighted by Crippen LogP contribution is -2.17. The Bertz CT molecular complexity index is 364. The van der Waals surface area contributed by atoms with E-state index < -0.39 is 0 Å². The number of hydrogen-bond donors (Lipinski definition) is 0. The van der Waals surface area contributed by atoms with Crippen LogP contribution in [0.3, 0.4) is 0 Å². The first kappa shape index (κ1) is 12.9. The summed E-state index contributed by atoms with van der Waals surface area (Å²) in [6.07, 6.45) is 4.11. The maximum atomic E-state index is 6.12. The molecule has 1 aromatic rings. The Hall–Kier alpha value is -0.530. The molecule has 94 valence electrons. The van der Waals surface area contributed by atoms with Gasteiger partial charge in [-0.3, -0.25) is 0 Å². The predicted molar refractivity (Wildman–Crippen MR) is 72.4 cm³/mol. The third kappa shape index (κ3) is 3.72. The SMILES string of the molecule is CC(C)(C)C[C@@H]1CC[C@H](c2ccc(Cl)cc2)O1. The standard InChI is InChI=1S/C15H21ClO/c1-15(2,3)10-13-8-9-14(17-13)11-4-6-12(16)7-5-11/h4-7,13-14H,8-10H2,1-3H3/t13-,14+/m0/s1. The molecule has 2 rings (SSSR count). The zero-order chi connectivity index (χ0) is 12.5. The lowest BCUT2D eigenvalue weighted by Gasteiger charge is -2.23. The van der Waals surface area contributed by atoms with Crippen LogP contribution in [-0.4, -0.2) is 6.10 Å². The summed E-state index contributed by atoms with van der Waals surface area (Å²) in [4.78, 5) is 0. The Labute approximate surface area is 109 Å². The van der Waals surface area contributed by atoms with Crippen LogP contribution < -0.4 is 0 Å². The highest BCUT2D eigenvalue weighted by Crippen LogP contribution is 2.37. The molecule has 2 heteroatoms. The minimum absolute atomic E-state index is 0.264. The molecule has 1 aliphatic rings. The third-order valence-electron chi connectivity index (χ3n) is 3.19. The van der Waals surface area contributed by atoms with Crippen molar-refractivity contribution in [3.05, 3.63) is 34.9 Å². The molecule has 0 unspecified atom stereocenters. The van der Waals surface area contributed by atoms with Crippen molar-refractivity contribution in [3.63, 3.8) is 0 Å². The Morgan fingerprint density at radius 3 is 2.41 bits per heavy atom. The summed E-state index contributed by atoms with van der Waals surface area (Å²) in [5, 5.41) is 0.790. The first-order chi connectivity index (χ1) is 7.94. The highest BCUT2D eigenvalue weighted by Gasteiger charge is 2.29. The van der Waals surface area contributed by atoms with Gasteiger partial charge in [-0.05, 0) is 42.4 Å². The van der Waals surface area contributed by atoms with E-state index in [1.165, 1.54) is 12.0 Å². The minimum Gasteiger partial charge on any atom is -0.370 e. The predicted octanol–water partition coefficient (Wildman–Crippen LogP) is 5.00. The van der Waals surface area contributed by atoms with Crippen LogP contribution in [-0.2, 0) is 4.74 Å². The van der Waals surface area contributed by atoms with E-state index in [1.54, 1.807) is 0 Å². The number of halogens is 1. The molecule has 0 aromatic heterocycles. The average Bonchev–Trinajstić information content (AvgIpc) is 2.64. The van der Waals surface area contributed by atoms with Gasteiger partial charge in [-0.25, -0.2) is 0 Å². The van der Waals surface area contributed by atoms with Crippen molar-refractivity contribution in [2.75, 3.05) is 0 Å². The third-order valence-corrected chi connectivity index (χ3v) is 3.44. The van der Waals surface area contributed by atoms with Crippen molar-refractivity contribution in [1.82, 2.24) is 0 Å². The van der Waals surface area contributed by atoms with Gasteiger partial charge in [0, 0.05) is 5.02 Å². The van der Waals surface area contributed by atoms with Crippen LogP contribution in [0.4, 0.5) is 0 Å². The molecule has 1 heterocycles. The topological polar surface area (TPSA) is 9.23 Å². The average molecular weight is 253 g/mol. The molecule has 0 amide bonds. The summed E-state index contributed by atoms with van der Waals surface area (Å²) in [5.74, 6) is 0. The summed E-state index contributed by atoms with van der Waals surface area (Å²) in [6, 6.07) is 8.04. The van der Waals surface area contributed by atoms with Gasteiger partial charge in [-0.2, -0.15) is 0 Å². The van der Waals surface area contributed by atoms with Gasteiger partial charge in [0.25, 0.3) is 0 Å². The van der Waals surface area contributed by atoms with E-state index in [-0.39, 0.29) is 6.10 Å². The first-order valence-electron chi connectivity index (χ1n) is 6.35. The summed E-state index contributed by atoms with van der Waals surface area (Å²) < 4.78 is 6.12. The van der Waals surface area contributed by atoms with E-state index in [0.717, 1.165) is 17.9 Å². The molecule has 0 bridgehead atoms. The van der Waals surface area contributed by atoms with Crippen molar-refractivity contribution < 1.29 is 4.74 Å². The van der Waals surface area contributed by atoms with Crippen molar-refractivity contribution in [2.45, 2.75) is 52.2 Å². The van der Waals surface area contributed by atoms with E-state index in [0.29, 0.717) is 11.5 Å². The van der Waals surface area contributed by atoms with E-state index in [4.69, 9.17) is 16.3 Å². The molecular formula is C15H21ClO. The second-order valence-corrected chi connectivity index (χ2v) is 6.58. The molecule has 1 aromatic carbocycles. The number of hydrogen-bond acceptors (Lipinski definition) is 1. The summed E-state index contributed by atoms with van der Waals surface area (Å²) in [5.41, 5.74) is 1.60. The molecule has 0 N–H and O–H groups in total. The van der Waals surface area contributed by atoms with Gasteiger partial charge in [-0.15, -0.1) is 0 Å².